The number of hydrogen-bond acceptors (Lipinski definition) is 6. The smallest absolute Gasteiger partial charge is 0.170 e. The number of nitrogen functional groups attached to an aromatic ring is 1. The fraction of sp³-hybridized carbons (Fsp3) is 0.304. The number of fused-ring (bicyclic) bond motifs is 1. The predicted molar refractivity (Wildman–Crippen MR) is 119 cm³/mol. The lowest BCUT2D eigenvalue weighted by atomic mass is 9.82. The van der Waals surface area contributed by atoms with Gasteiger partial charge in [-0.05, 0) is 19.2 Å². The summed E-state index contributed by atoms with van der Waals surface area (Å²) in [6.45, 7) is 9.33. The Hall–Kier alpha value is -2.70. The summed E-state index contributed by atoms with van der Waals surface area (Å²) in [6.07, 6.45) is 6.27. The molecule has 2 aliphatic rings. The minimum Gasteiger partial charge on any atom is -0.486 e. The molecule has 3 heterocycles. The average molecular weight is 411 g/mol. The highest BCUT2D eigenvalue weighted by molar-refractivity contribution is 7.23. The van der Waals surface area contributed by atoms with Crippen molar-refractivity contribution in [3.8, 4) is 0 Å². The summed E-state index contributed by atoms with van der Waals surface area (Å²) in [4.78, 5) is 25.0. The Labute approximate surface area is 175 Å². The first-order valence-electron chi connectivity index (χ1n) is 9.55. The van der Waals surface area contributed by atoms with Crippen LogP contribution in [0.25, 0.3) is 10.1 Å². The minimum absolute atomic E-state index is 0.130. The van der Waals surface area contributed by atoms with E-state index in [4.69, 9.17) is 10.5 Å². The van der Waals surface area contributed by atoms with Crippen LogP contribution in [0.3, 0.4) is 0 Å². The van der Waals surface area contributed by atoms with E-state index >= 15 is 0 Å². The van der Waals surface area contributed by atoms with Crippen LogP contribution in [-0.4, -0.2) is 42.7 Å². The molecule has 2 N–H and O–H groups in total. The topological polar surface area (TPSA) is 72.6 Å². The largest absolute Gasteiger partial charge is 0.486 e. The first kappa shape index (κ1) is 21.0. The van der Waals surface area contributed by atoms with Gasteiger partial charge in [-0.1, -0.05) is 37.4 Å². The number of nitrogens with two attached hydrogens (primary N) is 1. The van der Waals surface area contributed by atoms with Gasteiger partial charge in [0.1, 0.15) is 11.4 Å². The molecule has 2 aliphatic heterocycles. The van der Waals surface area contributed by atoms with Crippen molar-refractivity contribution in [2.45, 2.75) is 24.9 Å². The van der Waals surface area contributed by atoms with Crippen LogP contribution in [0.4, 0.5) is 5.00 Å². The molecule has 0 bridgehead atoms. The Morgan fingerprint density at radius 2 is 1.90 bits per heavy atom. The van der Waals surface area contributed by atoms with Gasteiger partial charge in [0.25, 0.3) is 0 Å². The van der Waals surface area contributed by atoms with Crippen molar-refractivity contribution in [1.29, 1.82) is 0 Å². The van der Waals surface area contributed by atoms with Gasteiger partial charge in [-0.3, -0.25) is 9.59 Å². The van der Waals surface area contributed by atoms with E-state index in [1.165, 1.54) is 11.3 Å². The summed E-state index contributed by atoms with van der Waals surface area (Å²) in [5.74, 6) is 0.728. The van der Waals surface area contributed by atoms with E-state index in [0.29, 0.717) is 28.3 Å². The maximum atomic E-state index is 12.1. The van der Waals surface area contributed by atoms with Crippen LogP contribution in [0.1, 0.15) is 29.6 Å². The van der Waals surface area contributed by atoms with Gasteiger partial charge >= 0.3 is 0 Å². The number of ether oxygens (including phenoxy) is 1. The molecule has 0 atom stereocenters. The highest BCUT2D eigenvalue weighted by Gasteiger charge is 2.42. The van der Waals surface area contributed by atoms with Gasteiger partial charge in [-0.15, -0.1) is 11.3 Å². The summed E-state index contributed by atoms with van der Waals surface area (Å²) in [5, 5.41) is 1.56. The number of thiophene rings is 1. The fourth-order valence-corrected chi connectivity index (χ4v) is 4.67. The number of hydrogen-bond donors (Lipinski definition) is 1. The highest BCUT2D eigenvalue weighted by atomic mass is 32.1. The van der Waals surface area contributed by atoms with Crippen molar-refractivity contribution < 1.29 is 14.3 Å². The molecule has 0 amide bonds. The second-order valence-corrected chi connectivity index (χ2v) is 8.45. The highest BCUT2D eigenvalue weighted by Crippen LogP contribution is 2.38. The Kier molecular flexibility index (Phi) is 6.35. The van der Waals surface area contributed by atoms with Crippen LogP contribution in [0.15, 0.2) is 60.9 Å². The van der Waals surface area contributed by atoms with E-state index in [1.807, 2.05) is 24.3 Å². The lowest BCUT2D eigenvalue weighted by molar-refractivity contribution is -0.127. The SMILES string of the molecule is C=CC1=C(C=C)C(=O)CC2(CCN(C)CC2)O1.Nc1sc2ccccc2c1C=O. The Bertz CT molecular complexity index is 981. The average Bonchev–Trinajstić information content (AvgIpc) is 3.05. The molecule has 1 fully saturated rings. The maximum absolute atomic E-state index is 12.1. The number of Topliss-reactive ketones (excluding diaryl/α,β-unsaturated/α-hetero) is 1. The first-order chi connectivity index (χ1) is 13.9. The van der Waals surface area contributed by atoms with Gasteiger partial charge < -0.3 is 15.4 Å². The molecule has 6 heteroatoms. The predicted octanol–water partition coefficient (Wildman–Crippen LogP) is 4.36. The number of nitrogens with zero attached hydrogens (tertiary/aromatic N) is 1. The van der Waals surface area contributed by atoms with Crippen molar-refractivity contribution in [2.24, 2.45) is 0 Å². The van der Waals surface area contributed by atoms with Gasteiger partial charge in [0.2, 0.25) is 0 Å². The zero-order chi connectivity index (χ0) is 21.0. The maximum Gasteiger partial charge on any atom is 0.170 e. The second kappa shape index (κ2) is 8.76. The van der Waals surface area contributed by atoms with Crippen molar-refractivity contribution in [1.82, 2.24) is 4.90 Å². The number of carbonyl (C=O) groups is 2. The van der Waals surface area contributed by atoms with Crippen molar-refractivity contribution in [2.75, 3.05) is 25.9 Å². The molecule has 4 rings (SSSR count). The van der Waals surface area contributed by atoms with Crippen LogP contribution >= 0.6 is 11.3 Å². The Morgan fingerprint density at radius 3 is 2.52 bits per heavy atom. The third kappa shape index (κ3) is 4.33. The first-order valence-corrected chi connectivity index (χ1v) is 10.4. The Balaban J connectivity index is 0.000000176. The molecule has 0 saturated carbocycles. The van der Waals surface area contributed by atoms with Gasteiger partial charge in [-0.25, -0.2) is 0 Å². The van der Waals surface area contributed by atoms with Crippen LogP contribution in [0, 0.1) is 0 Å². The summed E-state index contributed by atoms with van der Waals surface area (Å²) >= 11 is 1.45. The lowest BCUT2D eigenvalue weighted by Crippen LogP contribution is -2.47. The van der Waals surface area contributed by atoms with E-state index in [-0.39, 0.29) is 11.4 Å². The van der Waals surface area contributed by atoms with Gasteiger partial charge in [0.15, 0.2) is 12.1 Å². The van der Waals surface area contributed by atoms with Gasteiger partial charge in [-0.2, -0.15) is 0 Å². The molecule has 0 unspecified atom stereocenters. The zero-order valence-electron chi connectivity index (χ0n) is 16.6. The molecule has 1 spiro atoms. The Morgan fingerprint density at radius 1 is 1.21 bits per heavy atom. The van der Waals surface area contributed by atoms with Crippen LogP contribution in [0.5, 0.6) is 0 Å². The number of benzene rings is 1. The lowest BCUT2D eigenvalue weighted by Gasteiger charge is -2.43. The zero-order valence-corrected chi connectivity index (χ0v) is 17.5. The van der Waals surface area contributed by atoms with E-state index < -0.39 is 0 Å². The number of allylic oxidation sites excluding steroid dienone is 3. The molecule has 1 aromatic carbocycles. The number of piperidine rings is 1. The number of rotatable bonds is 3. The summed E-state index contributed by atoms with van der Waals surface area (Å²) in [6, 6.07) is 7.71. The number of ketones is 1. The standard InChI is InChI=1S/C14H19NO2.C9H7NOS/c1-4-11-12(16)10-14(17-13(11)5-2)6-8-15(3)9-7-14;10-9-7(5-11)6-3-1-2-4-8(6)12-9/h4-5H,1-2,6-10H2,3H3;1-5H,10H2. The van der Waals surface area contributed by atoms with Crippen LogP contribution in [0.2, 0.25) is 0 Å². The molecular formula is C23H26N2O3S. The van der Waals surface area contributed by atoms with Gasteiger partial charge in [0.05, 0.1) is 22.6 Å². The molecule has 1 aromatic heterocycles. The van der Waals surface area contributed by atoms with Gasteiger partial charge in [0, 0.05) is 36.0 Å². The number of carbonyl (C=O) groups excluding carboxylic acids is 2. The summed E-state index contributed by atoms with van der Waals surface area (Å²) < 4.78 is 7.10. The van der Waals surface area contributed by atoms with Crippen molar-refractivity contribution in [3.63, 3.8) is 0 Å². The van der Waals surface area contributed by atoms with Crippen molar-refractivity contribution in [3.05, 3.63) is 66.5 Å². The molecule has 29 heavy (non-hydrogen) atoms. The second-order valence-electron chi connectivity index (χ2n) is 7.37. The van der Waals surface area contributed by atoms with Crippen LogP contribution < -0.4 is 5.73 Å². The summed E-state index contributed by atoms with van der Waals surface area (Å²) in [7, 11) is 2.09. The molecular weight excluding hydrogens is 384 g/mol. The van der Waals surface area contributed by atoms with E-state index in [1.54, 1.807) is 12.2 Å². The van der Waals surface area contributed by atoms with Crippen molar-refractivity contribution >= 4 is 38.5 Å². The molecule has 1 saturated heterocycles. The molecule has 2 aromatic rings. The quantitative estimate of drug-likeness (QED) is 0.761. The van der Waals surface area contributed by atoms with E-state index in [9.17, 15) is 9.59 Å². The normalized spacial score (nSPS) is 18.7. The molecule has 0 radical (unpaired) electrons. The molecule has 152 valence electrons. The monoisotopic (exact) mass is 410 g/mol. The van der Waals surface area contributed by atoms with Crippen LogP contribution in [-0.2, 0) is 9.53 Å². The molecule has 0 aliphatic carbocycles. The number of likely N-dealkylation sites (tertiary alicyclic amines) is 1. The van der Waals surface area contributed by atoms with E-state index in [2.05, 4.69) is 25.1 Å². The third-order valence-electron chi connectivity index (χ3n) is 5.44. The van der Waals surface area contributed by atoms with E-state index in [0.717, 1.165) is 42.3 Å². The third-order valence-corrected chi connectivity index (χ3v) is 6.46. The summed E-state index contributed by atoms with van der Waals surface area (Å²) in [5.41, 5.74) is 6.54. The number of aldehydes is 1. The fourth-order valence-electron chi connectivity index (χ4n) is 3.73. The number of anilines is 1. The minimum atomic E-state index is -0.306. The molecule has 5 nitrogen and oxygen atoms in total.